The van der Waals surface area contributed by atoms with Crippen LogP contribution < -0.4 is 25.4 Å². The number of carboxylic acids is 1. The molecule has 1 aliphatic heterocycles. The van der Waals surface area contributed by atoms with E-state index in [9.17, 15) is 41.0 Å². The summed E-state index contributed by atoms with van der Waals surface area (Å²) in [5.41, 5.74) is 0.829. The molecule has 1 heterocycles. The Labute approximate surface area is 283 Å². The minimum absolute atomic E-state index is 0.0348. The number of aliphatic carboxylic acids is 1. The Morgan fingerprint density at radius 2 is 1.71 bits per heavy atom. The predicted octanol–water partition coefficient (Wildman–Crippen LogP) is 2.41. The molecular weight excluding hydrogens is 685 g/mol. The van der Waals surface area contributed by atoms with Gasteiger partial charge in [0.05, 0.1) is 22.9 Å². The first-order chi connectivity index (χ1) is 23.1. The summed E-state index contributed by atoms with van der Waals surface area (Å²) in [6, 6.07) is 12.9. The maximum Gasteiger partial charge on any atom is 0.341 e. The van der Waals surface area contributed by atoms with Gasteiger partial charge in [-0.25, -0.2) is 30.8 Å². The molecule has 1 fully saturated rings. The molecule has 0 aliphatic carbocycles. The van der Waals surface area contributed by atoms with Crippen LogP contribution >= 0.6 is 0 Å². The third-order valence-electron chi connectivity index (χ3n) is 7.62. The van der Waals surface area contributed by atoms with Crippen LogP contribution in [0.3, 0.4) is 0 Å². The zero-order chi connectivity index (χ0) is 35.8. The molecule has 0 aromatic heterocycles. The highest BCUT2D eigenvalue weighted by atomic mass is 32.2. The number of aromatic hydroxyl groups is 1. The molecule has 1 atom stereocenters. The minimum atomic E-state index is -3.79. The minimum Gasteiger partial charge on any atom is -0.506 e. The lowest BCUT2D eigenvalue weighted by Gasteiger charge is -2.31. The number of urea groups is 1. The topological polar surface area (TPSA) is 224 Å². The van der Waals surface area contributed by atoms with Crippen LogP contribution in [-0.4, -0.2) is 87.5 Å². The molecular formula is C31H38FN5O10S2. The second-order valence-electron chi connectivity index (χ2n) is 11.4. The van der Waals surface area contributed by atoms with Crippen LogP contribution in [0.15, 0.2) is 65.6 Å². The number of carbonyl (C=O) groups excluding carboxylic acids is 1. The van der Waals surface area contributed by atoms with Crippen LogP contribution in [0.2, 0.25) is 0 Å². The lowest BCUT2D eigenvalue weighted by atomic mass is 9.98. The average Bonchev–Trinajstić information content (AvgIpc) is 3.04. The molecule has 4 rings (SSSR count). The Morgan fingerprint density at radius 1 is 1.02 bits per heavy atom. The van der Waals surface area contributed by atoms with Gasteiger partial charge < -0.3 is 36.0 Å². The van der Waals surface area contributed by atoms with Gasteiger partial charge in [0.25, 0.3) is 0 Å². The number of piperidine rings is 1. The van der Waals surface area contributed by atoms with Gasteiger partial charge in [-0.1, -0.05) is 12.1 Å². The number of halogens is 1. The maximum absolute atomic E-state index is 14.3. The number of hydrogen-bond acceptors (Lipinski definition) is 10. The SMILES string of the molecule is CS(=O)(=O)Nc1cc([C@H](O)CNCC2CCN(S(=O)(=O)c3ccc(NC(=O)NCc4ccc(OCC(=O)O)cc4F)cc3)CC2)ccc1O. The van der Waals surface area contributed by atoms with Crippen LogP contribution in [0.4, 0.5) is 20.6 Å². The van der Waals surface area contributed by atoms with E-state index in [0.29, 0.717) is 43.7 Å². The van der Waals surface area contributed by atoms with E-state index in [1.807, 2.05) is 0 Å². The molecule has 3 aromatic rings. The molecule has 18 heteroatoms. The molecule has 49 heavy (non-hydrogen) atoms. The van der Waals surface area contributed by atoms with Crippen LogP contribution in [-0.2, 0) is 31.4 Å². The van der Waals surface area contributed by atoms with Gasteiger partial charge in [0, 0.05) is 43.5 Å². The van der Waals surface area contributed by atoms with Gasteiger partial charge in [0.1, 0.15) is 17.3 Å². The fraction of sp³-hybridized carbons (Fsp3) is 0.355. The van der Waals surface area contributed by atoms with Gasteiger partial charge in [0.15, 0.2) is 6.61 Å². The van der Waals surface area contributed by atoms with Crippen molar-refractivity contribution >= 4 is 43.4 Å². The molecule has 266 valence electrons. The van der Waals surface area contributed by atoms with E-state index in [0.717, 1.165) is 12.3 Å². The molecule has 15 nitrogen and oxygen atoms in total. The number of phenols is 1. The van der Waals surface area contributed by atoms with Crippen LogP contribution in [0, 0.1) is 11.7 Å². The Kier molecular flexibility index (Phi) is 12.4. The van der Waals surface area contributed by atoms with Crippen molar-refractivity contribution in [2.45, 2.75) is 30.4 Å². The number of hydrogen-bond donors (Lipinski definition) is 7. The molecule has 0 bridgehead atoms. The number of benzene rings is 3. The van der Waals surface area contributed by atoms with Gasteiger partial charge in [-0.2, -0.15) is 4.31 Å². The van der Waals surface area contributed by atoms with Gasteiger partial charge in [-0.15, -0.1) is 0 Å². The summed E-state index contributed by atoms with van der Waals surface area (Å²) in [6.45, 7) is 0.490. The van der Waals surface area contributed by atoms with Gasteiger partial charge in [-0.05, 0) is 73.3 Å². The second-order valence-corrected chi connectivity index (χ2v) is 15.1. The smallest absolute Gasteiger partial charge is 0.341 e. The summed E-state index contributed by atoms with van der Waals surface area (Å²) >= 11 is 0. The van der Waals surface area contributed by atoms with Crippen molar-refractivity contribution in [1.82, 2.24) is 14.9 Å². The monoisotopic (exact) mass is 723 g/mol. The first kappa shape index (κ1) is 37.3. The van der Waals surface area contributed by atoms with Crippen LogP contribution in [0.5, 0.6) is 11.5 Å². The highest BCUT2D eigenvalue weighted by Gasteiger charge is 2.29. The molecule has 7 N–H and O–H groups in total. The quantitative estimate of drug-likeness (QED) is 0.113. The first-order valence-corrected chi connectivity index (χ1v) is 18.4. The Balaban J connectivity index is 1.20. The highest BCUT2D eigenvalue weighted by molar-refractivity contribution is 7.92. The number of sulfonamides is 2. The average molecular weight is 724 g/mol. The molecule has 3 aromatic carbocycles. The van der Waals surface area contributed by atoms with Crippen molar-refractivity contribution in [3.8, 4) is 11.5 Å². The van der Waals surface area contributed by atoms with Crippen molar-refractivity contribution in [1.29, 1.82) is 0 Å². The van der Waals surface area contributed by atoms with Gasteiger partial charge in [-0.3, -0.25) is 4.72 Å². The molecule has 1 aliphatic rings. The number of carbonyl (C=O) groups is 2. The third kappa shape index (κ3) is 11.0. The van der Waals surface area contributed by atoms with Gasteiger partial charge >= 0.3 is 12.0 Å². The Hall–Kier alpha value is -4.49. The fourth-order valence-electron chi connectivity index (χ4n) is 5.05. The van der Waals surface area contributed by atoms with E-state index in [-0.39, 0.29) is 46.7 Å². The van der Waals surface area contributed by atoms with E-state index in [1.165, 1.54) is 58.9 Å². The van der Waals surface area contributed by atoms with E-state index < -0.39 is 50.6 Å². The Morgan fingerprint density at radius 3 is 2.35 bits per heavy atom. The van der Waals surface area contributed by atoms with Crippen molar-refractivity contribution in [2.24, 2.45) is 5.92 Å². The third-order valence-corrected chi connectivity index (χ3v) is 10.1. The van der Waals surface area contributed by atoms with Crippen molar-refractivity contribution in [3.05, 3.63) is 77.6 Å². The molecule has 0 radical (unpaired) electrons. The molecule has 0 saturated carbocycles. The van der Waals surface area contributed by atoms with E-state index in [4.69, 9.17) is 9.84 Å². The second kappa shape index (κ2) is 16.3. The van der Waals surface area contributed by atoms with Crippen LogP contribution in [0.1, 0.15) is 30.1 Å². The molecule has 2 amide bonds. The largest absolute Gasteiger partial charge is 0.506 e. The summed E-state index contributed by atoms with van der Waals surface area (Å²) in [7, 11) is -7.42. The van der Waals surface area contributed by atoms with Gasteiger partial charge in [0.2, 0.25) is 20.0 Å². The number of nitrogens with zero attached hydrogens (tertiary/aromatic N) is 1. The summed E-state index contributed by atoms with van der Waals surface area (Å²) in [4.78, 5) is 23.0. The number of anilines is 2. The number of phenolic OH excluding ortho intramolecular Hbond substituents is 1. The number of ether oxygens (including phenoxy) is 1. The highest BCUT2D eigenvalue weighted by Crippen LogP contribution is 2.28. The summed E-state index contributed by atoms with van der Waals surface area (Å²) in [6.07, 6.45) is 1.15. The fourth-order valence-corrected chi connectivity index (χ4v) is 7.09. The molecule has 0 unspecified atom stereocenters. The number of carboxylic acid groups (broad SMARTS) is 1. The Bertz CT molecular complexity index is 1850. The first-order valence-electron chi connectivity index (χ1n) is 15.1. The zero-order valence-corrected chi connectivity index (χ0v) is 28.1. The summed E-state index contributed by atoms with van der Waals surface area (Å²) < 4.78 is 72.4. The predicted molar refractivity (Wildman–Crippen MR) is 178 cm³/mol. The number of nitrogens with one attached hydrogen (secondary N) is 4. The van der Waals surface area contributed by atoms with E-state index in [2.05, 4.69) is 20.7 Å². The normalized spacial score (nSPS) is 14.9. The van der Waals surface area contributed by atoms with E-state index >= 15 is 0 Å². The van der Waals surface area contributed by atoms with Crippen molar-refractivity contribution < 1.29 is 50.9 Å². The lowest BCUT2D eigenvalue weighted by Crippen LogP contribution is -2.41. The van der Waals surface area contributed by atoms with E-state index in [1.54, 1.807) is 0 Å². The van der Waals surface area contributed by atoms with Crippen LogP contribution in [0.25, 0.3) is 0 Å². The standard InChI is InChI=1S/C31H38FN5O10S2/c1-48(43,44)36-27-14-21(3-9-28(27)38)29(39)18-33-16-20-10-12-37(13-11-20)49(45,46)25-7-4-23(5-8-25)35-31(42)34-17-22-2-6-24(15-26(22)32)47-19-30(40)41/h2-9,14-15,20,29,33,36,38-39H,10-13,16-19H2,1H3,(H,40,41)(H2,34,35,42)/t29-/m1/s1. The zero-order valence-electron chi connectivity index (χ0n) is 26.4. The molecule has 0 spiro atoms. The number of rotatable bonds is 15. The number of aliphatic hydroxyl groups is 1. The van der Waals surface area contributed by atoms with Crippen molar-refractivity contribution in [3.63, 3.8) is 0 Å². The number of aliphatic hydroxyl groups excluding tert-OH is 1. The lowest BCUT2D eigenvalue weighted by molar-refractivity contribution is -0.139. The summed E-state index contributed by atoms with van der Waals surface area (Å²) in [5.74, 6) is -1.97. The number of amides is 2. The van der Waals surface area contributed by atoms with Crippen molar-refractivity contribution in [2.75, 3.05) is 49.1 Å². The maximum atomic E-state index is 14.3. The molecule has 1 saturated heterocycles. The summed E-state index contributed by atoms with van der Waals surface area (Å²) in [5, 5.41) is 37.3.